The number of hydrogen-bond donors (Lipinski definition) is 1. The first kappa shape index (κ1) is 12.8. The first-order valence-corrected chi connectivity index (χ1v) is 5.94. The number of imidazole rings is 1. The lowest BCUT2D eigenvalue weighted by atomic mass is 10.4. The first-order valence-electron chi connectivity index (χ1n) is 5.94. The number of rotatable bonds is 6. The van der Waals surface area contributed by atoms with Crippen LogP contribution in [0.5, 0.6) is 0 Å². The molecule has 0 radical (unpaired) electrons. The molecule has 0 aliphatic heterocycles. The molecule has 0 spiro atoms. The SMILES string of the molecule is COCCNCc1cn(-c2cc(C)n(C)n2)cn1. The second kappa shape index (κ2) is 5.79. The molecule has 2 rings (SSSR count). The number of hydrogen-bond acceptors (Lipinski definition) is 4. The molecule has 0 unspecified atom stereocenters. The third-order valence-corrected chi connectivity index (χ3v) is 2.79. The third-order valence-electron chi connectivity index (χ3n) is 2.79. The highest BCUT2D eigenvalue weighted by molar-refractivity contribution is 5.25. The van der Waals surface area contributed by atoms with Gasteiger partial charge in [-0.3, -0.25) is 9.25 Å². The topological polar surface area (TPSA) is 56.9 Å². The van der Waals surface area contributed by atoms with Crippen LogP contribution in [0.2, 0.25) is 0 Å². The Bertz CT molecular complexity index is 483. The summed E-state index contributed by atoms with van der Waals surface area (Å²) in [5.74, 6) is 0.894. The second-order valence-corrected chi connectivity index (χ2v) is 4.21. The lowest BCUT2D eigenvalue weighted by molar-refractivity contribution is 0.199. The van der Waals surface area contributed by atoms with Crippen LogP contribution in [0.4, 0.5) is 0 Å². The molecule has 0 amide bonds. The van der Waals surface area contributed by atoms with Crippen LogP contribution in [0.3, 0.4) is 0 Å². The molecule has 0 saturated carbocycles. The van der Waals surface area contributed by atoms with E-state index in [0.29, 0.717) is 6.61 Å². The van der Waals surface area contributed by atoms with Gasteiger partial charge in [-0.15, -0.1) is 0 Å². The van der Waals surface area contributed by atoms with E-state index in [0.717, 1.165) is 30.3 Å². The molecule has 6 nitrogen and oxygen atoms in total. The Kier molecular flexibility index (Phi) is 4.11. The molecular formula is C12H19N5O. The van der Waals surface area contributed by atoms with Crippen molar-refractivity contribution in [3.05, 3.63) is 30.0 Å². The van der Waals surface area contributed by atoms with E-state index >= 15 is 0 Å². The normalized spacial score (nSPS) is 11.1. The number of methoxy groups -OCH3 is 1. The number of nitrogens with one attached hydrogen (secondary N) is 1. The Balaban J connectivity index is 1.97. The van der Waals surface area contributed by atoms with Gasteiger partial charge in [0.15, 0.2) is 5.82 Å². The summed E-state index contributed by atoms with van der Waals surface area (Å²) in [4.78, 5) is 4.34. The van der Waals surface area contributed by atoms with Gasteiger partial charge in [-0.1, -0.05) is 0 Å². The minimum Gasteiger partial charge on any atom is -0.383 e. The Morgan fingerprint density at radius 3 is 2.94 bits per heavy atom. The molecule has 98 valence electrons. The van der Waals surface area contributed by atoms with Gasteiger partial charge in [0.2, 0.25) is 0 Å². The zero-order chi connectivity index (χ0) is 13.0. The van der Waals surface area contributed by atoms with E-state index in [-0.39, 0.29) is 0 Å². The van der Waals surface area contributed by atoms with Crippen LogP contribution in [0.1, 0.15) is 11.4 Å². The molecule has 0 aliphatic carbocycles. The molecule has 0 saturated heterocycles. The second-order valence-electron chi connectivity index (χ2n) is 4.21. The average Bonchev–Trinajstić information content (AvgIpc) is 2.93. The summed E-state index contributed by atoms with van der Waals surface area (Å²) in [6.07, 6.45) is 3.77. The van der Waals surface area contributed by atoms with Gasteiger partial charge in [-0.25, -0.2) is 4.98 Å². The van der Waals surface area contributed by atoms with Crippen LogP contribution < -0.4 is 5.32 Å². The standard InChI is InChI=1S/C12H19N5O/c1-10-6-12(15-16(10)2)17-8-11(14-9-17)7-13-4-5-18-3/h6,8-9,13H,4-5,7H2,1-3H3. The van der Waals surface area contributed by atoms with E-state index in [1.54, 1.807) is 13.4 Å². The Hall–Kier alpha value is -1.66. The molecule has 1 N–H and O–H groups in total. The van der Waals surface area contributed by atoms with Gasteiger partial charge >= 0.3 is 0 Å². The van der Waals surface area contributed by atoms with Crippen molar-refractivity contribution < 1.29 is 4.74 Å². The molecule has 0 bridgehead atoms. The molecule has 0 aromatic carbocycles. The highest BCUT2D eigenvalue weighted by Crippen LogP contribution is 2.08. The van der Waals surface area contributed by atoms with Crippen molar-refractivity contribution >= 4 is 0 Å². The molecule has 2 aromatic rings. The van der Waals surface area contributed by atoms with Crippen molar-refractivity contribution in [2.45, 2.75) is 13.5 Å². The molecule has 0 fully saturated rings. The van der Waals surface area contributed by atoms with Crippen LogP contribution in [-0.4, -0.2) is 39.6 Å². The van der Waals surface area contributed by atoms with E-state index in [4.69, 9.17) is 4.74 Å². The van der Waals surface area contributed by atoms with Gasteiger partial charge in [0.25, 0.3) is 0 Å². The summed E-state index contributed by atoms with van der Waals surface area (Å²) in [6.45, 7) is 4.30. The highest BCUT2D eigenvalue weighted by atomic mass is 16.5. The fourth-order valence-electron chi connectivity index (χ4n) is 1.64. The maximum Gasteiger partial charge on any atom is 0.160 e. The van der Waals surface area contributed by atoms with Gasteiger partial charge in [0.1, 0.15) is 6.33 Å². The fraction of sp³-hybridized carbons (Fsp3) is 0.500. The van der Waals surface area contributed by atoms with Crippen LogP contribution in [0, 0.1) is 6.92 Å². The molecule has 6 heteroatoms. The molecular weight excluding hydrogens is 230 g/mol. The molecule has 18 heavy (non-hydrogen) atoms. The first-order chi connectivity index (χ1) is 8.70. The number of aryl methyl sites for hydroxylation is 2. The monoisotopic (exact) mass is 249 g/mol. The summed E-state index contributed by atoms with van der Waals surface area (Å²) >= 11 is 0. The largest absolute Gasteiger partial charge is 0.383 e. The van der Waals surface area contributed by atoms with E-state index < -0.39 is 0 Å². The summed E-state index contributed by atoms with van der Waals surface area (Å²) in [5.41, 5.74) is 2.12. The minimum absolute atomic E-state index is 0.708. The van der Waals surface area contributed by atoms with Gasteiger partial charge in [-0.2, -0.15) is 5.10 Å². The van der Waals surface area contributed by atoms with Gasteiger partial charge in [-0.05, 0) is 6.92 Å². The number of aromatic nitrogens is 4. The quantitative estimate of drug-likeness (QED) is 0.764. The van der Waals surface area contributed by atoms with Crippen molar-refractivity contribution in [1.29, 1.82) is 0 Å². The van der Waals surface area contributed by atoms with E-state index in [2.05, 4.69) is 15.4 Å². The average molecular weight is 249 g/mol. The van der Waals surface area contributed by atoms with Crippen molar-refractivity contribution in [3.8, 4) is 5.82 Å². The van der Waals surface area contributed by atoms with Gasteiger partial charge in [0, 0.05) is 45.2 Å². The van der Waals surface area contributed by atoms with Crippen LogP contribution in [-0.2, 0) is 18.3 Å². The third kappa shape index (κ3) is 2.96. The summed E-state index contributed by atoms with van der Waals surface area (Å²) in [7, 11) is 3.63. The zero-order valence-corrected chi connectivity index (χ0v) is 11.1. The Morgan fingerprint density at radius 1 is 1.44 bits per heavy atom. The minimum atomic E-state index is 0.708. The highest BCUT2D eigenvalue weighted by Gasteiger charge is 2.05. The number of ether oxygens (including phenoxy) is 1. The fourth-order valence-corrected chi connectivity index (χ4v) is 1.64. The van der Waals surface area contributed by atoms with Crippen LogP contribution in [0.15, 0.2) is 18.6 Å². The van der Waals surface area contributed by atoms with E-state index in [1.165, 1.54) is 0 Å². The summed E-state index contributed by atoms with van der Waals surface area (Å²) < 4.78 is 8.75. The predicted molar refractivity (Wildman–Crippen MR) is 68.6 cm³/mol. The maximum absolute atomic E-state index is 4.97. The molecule has 2 heterocycles. The number of nitrogens with zero attached hydrogens (tertiary/aromatic N) is 4. The molecule has 0 atom stereocenters. The van der Waals surface area contributed by atoms with E-state index in [1.807, 2.05) is 35.5 Å². The van der Waals surface area contributed by atoms with Gasteiger partial charge < -0.3 is 10.1 Å². The van der Waals surface area contributed by atoms with Crippen molar-refractivity contribution in [1.82, 2.24) is 24.6 Å². The summed E-state index contributed by atoms with van der Waals surface area (Å²) in [5, 5.41) is 7.66. The predicted octanol–water partition coefficient (Wildman–Crippen LogP) is 0.650. The maximum atomic E-state index is 4.97. The smallest absolute Gasteiger partial charge is 0.160 e. The van der Waals surface area contributed by atoms with E-state index in [9.17, 15) is 0 Å². The van der Waals surface area contributed by atoms with Crippen molar-refractivity contribution in [3.63, 3.8) is 0 Å². The molecule has 0 aliphatic rings. The van der Waals surface area contributed by atoms with Crippen LogP contribution in [0.25, 0.3) is 5.82 Å². The molecule has 2 aromatic heterocycles. The van der Waals surface area contributed by atoms with Crippen molar-refractivity contribution in [2.24, 2.45) is 7.05 Å². The zero-order valence-electron chi connectivity index (χ0n) is 11.1. The van der Waals surface area contributed by atoms with Gasteiger partial charge in [0.05, 0.1) is 12.3 Å². The Labute approximate surface area is 107 Å². The summed E-state index contributed by atoms with van der Waals surface area (Å²) in [6, 6.07) is 2.03. The lowest BCUT2D eigenvalue weighted by Gasteiger charge is -2.00. The van der Waals surface area contributed by atoms with Crippen LogP contribution >= 0.6 is 0 Å². The lowest BCUT2D eigenvalue weighted by Crippen LogP contribution is -2.18. The van der Waals surface area contributed by atoms with Crippen molar-refractivity contribution in [2.75, 3.05) is 20.3 Å². The Morgan fingerprint density at radius 2 is 2.28 bits per heavy atom.